The molecular formula is C16H19BrN4O. The molecular weight excluding hydrogens is 344 g/mol. The molecule has 0 saturated carbocycles. The normalized spacial score (nSPS) is 17.5. The number of benzene rings is 1. The van der Waals surface area contributed by atoms with E-state index in [4.69, 9.17) is 4.74 Å². The van der Waals surface area contributed by atoms with E-state index in [0.29, 0.717) is 12.1 Å². The molecule has 1 saturated heterocycles. The zero-order valence-corrected chi connectivity index (χ0v) is 14.1. The smallest absolute Gasteiger partial charge is 0.229 e. The van der Waals surface area contributed by atoms with E-state index in [0.717, 1.165) is 47.5 Å². The van der Waals surface area contributed by atoms with E-state index in [9.17, 15) is 0 Å². The van der Waals surface area contributed by atoms with Crippen LogP contribution in [-0.4, -0.2) is 29.2 Å². The number of hydrogen-bond donors (Lipinski definition) is 2. The van der Waals surface area contributed by atoms with E-state index >= 15 is 0 Å². The van der Waals surface area contributed by atoms with E-state index in [1.165, 1.54) is 0 Å². The Bertz CT molecular complexity index is 644. The molecule has 1 aromatic heterocycles. The SMILES string of the molecule is Cc1cc(Nc2nccc(NCC3CCCO3)n2)ccc1Br. The number of rotatable bonds is 5. The number of hydrogen-bond acceptors (Lipinski definition) is 5. The van der Waals surface area contributed by atoms with Gasteiger partial charge in [0, 0.05) is 29.5 Å². The highest BCUT2D eigenvalue weighted by atomic mass is 79.9. The van der Waals surface area contributed by atoms with E-state index in [-0.39, 0.29) is 0 Å². The molecule has 0 bridgehead atoms. The molecule has 0 aliphatic carbocycles. The van der Waals surface area contributed by atoms with Gasteiger partial charge in [0.15, 0.2) is 0 Å². The summed E-state index contributed by atoms with van der Waals surface area (Å²) in [6.07, 6.45) is 4.30. The molecule has 0 radical (unpaired) electrons. The van der Waals surface area contributed by atoms with Gasteiger partial charge in [0.1, 0.15) is 5.82 Å². The van der Waals surface area contributed by atoms with Gasteiger partial charge in [0.05, 0.1) is 6.10 Å². The van der Waals surface area contributed by atoms with Crippen LogP contribution in [0.5, 0.6) is 0 Å². The summed E-state index contributed by atoms with van der Waals surface area (Å²) < 4.78 is 6.69. The minimum Gasteiger partial charge on any atom is -0.376 e. The van der Waals surface area contributed by atoms with Gasteiger partial charge in [0.25, 0.3) is 0 Å². The summed E-state index contributed by atoms with van der Waals surface area (Å²) in [6.45, 7) is 3.70. The van der Waals surface area contributed by atoms with Crippen molar-refractivity contribution in [3.05, 3.63) is 40.5 Å². The largest absolute Gasteiger partial charge is 0.376 e. The highest BCUT2D eigenvalue weighted by molar-refractivity contribution is 9.10. The summed E-state index contributed by atoms with van der Waals surface area (Å²) in [5, 5.41) is 6.54. The van der Waals surface area contributed by atoms with E-state index in [1.807, 2.05) is 18.2 Å². The lowest BCUT2D eigenvalue weighted by atomic mass is 10.2. The molecule has 116 valence electrons. The van der Waals surface area contributed by atoms with Crippen LogP contribution >= 0.6 is 15.9 Å². The first-order valence-electron chi connectivity index (χ1n) is 7.42. The molecule has 6 heteroatoms. The zero-order chi connectivity index (χ0) is 15.4. The van der Waals surface area contributed by atoms with Crippen molar-refractivity contribution in [1.82, 2.24) is 9.97 Å². The fourth-order valence-electron chi connectivity index (χ4n) is 2.39. The Labute approximate surface area is 138 Å². The van der Waals surface area contributed by atoms with E-state index < -0.39 is 0 Å². The van der Waals surface area contributed by atoms with Crippen LogP contribution in [0.4, 0.5) is 17.5 Å². The fraction of sp³-hybridized carbons (Fsp3) is 0.375. The Balaban J connectivity index is 1.63. The van der Waals surface area contributed by atoms with Gasteiger partial charge in [-0.05, 0) is 49.6 Å². The molecule has 3 rings (SSSR count). The maximum atomic E-state index is 5.60. The molecule has 2 aromatic rings. The molecule has 1 aromatic carbocycles. The Morgan fingerprint density at radius 2 is 2.27 bits per heavy atom. The molecule has 0 spiro atoms. The number of nitrogens with one attached hydrogen (secondary N) is 2. The van der Waals surface area contributed by atoms with Gasteiger partial charge in [0.2, 0.25) is 5.95 Å². The van der Waals surface area contributed by atoms with Gasteiger partial charge in [-0.3, -0.25) is 0 Å². The predicted molar refractivity (Wildman–Crippen MR) is 91.7 cm³/mol. The van der Waals surface area contributed by atoms with Gasteiger partial charge in [-0.25, -0.2) is 4.98 Å². The van der Waals surface area contributed by atoms with Crippen LogP contribution in [0.2, 0.25) is 0 Å². The maximum absolute atomic E-state index is 5.60. The highest BCUT2D eigenvalue weighted by Crippen LogP contribution is 2.22. The Morgan fingerprint density at radius 3 is 3.05 bits per heavy atom. The van der Waals surface area contributed by atoms with Gasteiger partial charge in [-0.2, -0.15) is 4.98 Å². The third kappa shape index (κ3) is 3.96. The van der Waals surface area contributed by atoms with Crippen LogP contribution in [0.1, 0.15) is 18.4 Å². The van der Waals surface area contributed by atoms with Crippen LogP contribution in [0.25, 0.3) is 0 Å². The first-order valence-corrected chi connectivity index (χ1v) is 8.22. The molecule has 1 atom stereocenters. The Kier molecular flexibility index (Phi) is 4.90. The lowest BCUT2D eigenvalue weighted by molar-refractivity contribution is 0.120. The Hall–Kier alpha value is -1.66. The molecule has 22 heavy (non-hydrogen) atoms. The van der Waals surface area contributed by atoms with Crippen molar-refractivity contribution in [2.24, 2.45) is 0 Å². The lowest BCUT2D eigenvalue weighted by Crippen LogP contribution is -2.19. The first kappa shape index (κ1) is 15.2. The minimum absolute atomic E-state index is 0.292. The fourth-order valence-corrected chi connectivity index (χ4v) is 2.64. The van der Waals surface area contributed by atoms with Crippen molar-refractivity contribution in [3.63, 3.8) is 0 Å². The van der Waals surface area contributed by atoms with Crippen LogP contribution in [0, 0.1) is 6.92 Å². The van der Waals surface area contributed by atoms with Gasteiger partial charge < -0.3 is 15.4 Å². The van der Waals surface area contributed by atoms with Crippen molar-refractivity contribution >= 4 is 33.4 Å². The summed E-state index contributed by atoms with van der Waals surface area (Å²) in [5.74, 6) is 1.39. The second-order valence-electron chi connectivity index (χ2n) is 5.37. The van der Waals surface area contributed by atoms with Gasteiger partial charge >= 0.3 is 0 Å². The average molecular weight is 363 g/mol. The number of halogens is 1. The molecule has 0 amide bonds. The van der Waals surface area contributed by atoms with E-state index in [1.54, 1.807) is 6.20 Å². The summed E-state index contributed by atoms with van der Waals surface area (Å²) in [7, 11) is 0. The molecule has 2 N–H and O–H groups in total. The van der Waals surface area contributed by atoms with Crippen LogP contribution in [0.3, 0.4) is 0 Å². The summed E-state index contributed by atoms with van der Waals surface area (Å²) >= 11 is 3.50. The minimum atomic E-state index is 0.292. The highest BCUT2D eigenvalue weighted by Gasteiger charge is 2.15. The van der Waals surface area contributed by atoms with Crippen molar-refractivity contribution in [1.29, 1.82) is 0 Å². The zero-order valence-electron chi connectivity index (χ0n) is 12.5. The van der Waals surface area contributed by atoms with Crippen molar-refractivity contribution in [2.75, 3.05) is 23.8 Å². The van der Waals surface area contributed by atoms with Crippen molar-refractivity contribution in [2.45, 2.75) is 25.9 Å². The quantitative estimate of drug-likeness (QED) is 0.844. The monoisotopic (exact) mass is 362 g/mol. The second-order valence-corrected chi connectivity index (χ2v) is 6.22. The van der Waals surface area contributed by atoms with Crippen LogP contribution < -0.4 is 10.6 Å². The number of ether oxygens (including phenoxy) is 1. The maximum Gasteiger partial charge on any atom is 0.229 e. The van der Waals surface area contributed by atoms with E-state index in [2.05, 4.69) is 49.5 Å². The molecule has 1 aliphatic heterocycles. The predicted octanol–water partition coefficient (Wildman–Crippen LogP) is 3.88. The molecule has 1 unspecified atom stereocenters. The van der Waals surface area contributed by atoms with Crippen molar-refractivity contribution in [3.8, 4) is 0 Å². The Morgan fingerprint density at radius 1 is 1.36 bits per heavy atom. The van der Waals surface area contributed by atoms with Crippen LogP contribution in [0.15, 0.2) is 34.9 Å². The number of aryl methyl sites for hydroxylation is 1. The first-order chi connectivity index (χ1) is 10.7. The molecule has 5 nitrogen and oxygen atoms in total. The third-order valence-corrected chi connectivity index (χ3v) is 4.49. The summed E-state index contributed by atoms with van der Waals surface area (Å²) in [5.41, 5.74) is 2.13. The number of anilines is 3. The lowest BCUT2D eigenvalue weighted by Gasteiger charge is -2.12. The third-order valence-electron chi connectivity index (χ3n) is 3.60. The van der Waals surface area contributed by atoms with Crippen molar-refractivity contribution < 1.29 is 4.74 Å². The molecule has 1 fully saturated rings. The summed E-state index contributed by atoms with van der Waals surface area (Å²) in [6, 6.07) is 7.93. The topological polar surface area (TPSA) is 59.1 Å². The van der Waals surface area contributed by atoms with Crippen LogP contribution in [-0.2, 0) is 4.74 Å². The number of nitrogens with zero attached hydrogens (tertiary/aromatic N) is 2. The van der Waals surface area contributed by atoms with Gasteiger partial charge in [-0.15, -0.1) is 0 Å². The standard InChI is InChI=1S/C16H19BrN4O/c1-11-9-12(4-5-14(11)17)20-16-18-7-6-15(21-16)19-10-13-3-2-8-22-13/h4-7,9,13H,2-3,8,10H2,1H3,(H2,18,19,20,21). The van der Waals surface area contributed by atoms with Gasteiger partial charge in [-0.1, -0.05) is 15.9 Å². The molecule has 2 heterocycles. The molecule has 1 aliphatic rings. The summed E-state index contributed by atoms with van der Waals surface area (Å²) in [4.78, 5) is 8.74. The number of aromatic nitrogens is 2. The second kappa shape index (κ2) is 7.07. The average Bonchev–Trinajstić information content (AvgIpc) is 3.03.